The van der Waals surface area contributed by atoms with E-state index in [2.05, 4.69) is 14.9 Å². The first kappa shape index (κ1) is 17.5. The predicted octanol–water partition coefficient (Wildman–Crippen LogP) is 4.78. The van der Waals surface area contributed by atoms with Gasteiger partial charge in [-0.25, -0.2) is 14.8 Å². The molecule has 5 nitrogen and oxygen atoms in total. The number of carbonyl (C=O) groups is 1. The van der Waals surface area contributed by atoms with E-state index < -0.39 is 5.97 Å². The Morgan fingerprint density at radius 3 is 2.69 bits per heavy atom. The molecule has 8 heteroatoms. The van der Waals surface area contributed by atoms with Crippen LogP contribution in [0.15, 0.2) is 35.0 Å². The molecule has 0 unspecified atom stereocenters. The van der Waals surface area contributed by atoms with Crippen molar-refractivity contribution in [3.63, 3.8) is 0 Å². The van der Waals surface area contributed by atoms with Gasteiger partial charge in [0.2, 0.25) is 5.90 Å². The number of aromatic nitrogens is 1. The highest BCUT2D eigenvalue weighted by Crippen LogP contribution is 2.34. The largest absolute Gasteiger partial charge is 0.402 e. The molecule has 0 saturated carbocycles. The van der Waals surface area contributed by atoms with Crippen molar-refractivity contribution in [2.45, 2.75) is 19.3 Å². The SMILES string of the molecule is O=C1OC(c2ccccc2Cl)=N/C1=C/c1sc(N2CCCCC2)nc1Cl. The first-order chi connectivity index (χ1) is 12.6. The van der Waals surface area contributed by atoms with Gasteiger partial charge in [-0.05, 0) is 37.5 Å². The molecule has 134 valence electrons. The van der Waals surface area contributed by atoms with Crippen LogP contribution in [-0.4, -0.2) is 29.9 Å². The van der Waals surface area contributed by atoms with E-state index >= 15 is 0 Å². The van der Waals surface area contributed by atoms with E-state index in [-0.39, 0.29) is 11.6 Å². The monoisotopic (exact) mass is 407 g/mol. The second-order valence-electron chi connectivity index (χ2n) is 6.02. The van der Waals surface area contributed by atoms with Crippen LogP contribution in [0.25, 0.3) is 6.08 Å². The number of aliphatic imine (C=N–C) groups is 1. The lowest BCUT2D eigenvalue weighted by Crippen LogP contribution is -2.29. The van der Waals surface area contributed by atoms with E-state index in [9.17, 15) is 4.79 Å². The lowest BCUT2D eigenvalue weighted by atomic mass is 10.1. The summed E-state index contributed by atoms with van der Waals surface area (Å²) in [4.78, 5) is 23.8. The van der Waals surface area contributed by atoms with Crippen molar-refractivity contribution < 1.29 is 9.53 Å². The molecule has 1 fully saturated rings. The zero-order valence-corrected chi connectivity index (χ0v) is 16.1. The molecule has 0 amide bonds. The number of cyclic esters (lactones) is 1. The van der Waals surface area contributed by atoms with Gasteiger partial charge in [-0.3, -0.25) is 0 Å². The average Bonchev–Trinajstić information content (AvgIpc) is 3.20. The van der Waals surface area contributed by atoms with Crippen LogP contribution in [0.4, 0.5) is 5.13 Å². The Hall–Kier alpha value is -1.89. The van der Waals surface area contributed by atoms with Crippen molar-refractivity contribution >= 4 is 57.6 Å². The number of hydrogen-bond donors (Lipinski definition) is 0. The third kappa shape index (κ3) is 3.49. The zero-order valence-electron chi connectivity index (χ0n) is 13.7. The first-order valence-corrected chi connectivity index (χ1v) is 9.88. The molecule has 0 atom stereocenters. The van der Waals surface area contributed by atoms with Crippen LogP contribution >= 0.6 is 34.5 Å². The molecule has 1 saturated heterocycles. The van der Waals surface area contributed by atoms with Crippen molar-refractivity contribution in [2.75, 3.05) is 18.0 Å². The van der Waals surface area contributed by atoms with Crippen molar-refractivity contribution in [3.8, 4) is 0 Å². The van der Waals surface area contributed by atoms with Crippen LogP contribution in [-0.2, 0) is 9.53 Å². The van der Waals surface area contributed by atoms with Gasteiger partial charge in [0.25, 0.3) is 0 Å². The van der Waals surface area contributed by atoms with E-state index in [1.807, 2.05) is 6.07 Å². The molecule has 2 aliphatic rings. The smallest absolute Gasteiger partial charge is 0.363 e. The Morgan fingerprint density at radius 1 is 1.15 bits per heavy atom. The fourth-order valence-corrected chi connectivity index (χ4v) is 4.36. The number of esters is 1. The second-order valence-corrected chi connectivity index (χ2v) is 7.79. The lowest BCUT2D eigenvalue weighted by molar-refractivity contribution is -0.129. The number of hydrogen-bond acceptors (Lipinski definition) is 6. The lowest BCUT2D eigenvalue weighted by Gasteiger charge is -2.25. The molecule has 1 aromatic heterocycles. The normalized spacial score (nSPS) is 19.0. The van der Waals surface area contributed by atoms with E-state index in [1.165, 1.54) is 17.8 Å². The Balaban J connectivity index is 1.63. The first-order valence-electron chi connectivity index (χ1n) is 8.30. The van der Waals surface area contributed by atoms with Crippen LogP contribution < -0.4 is 4.90 Å². The molecule has 0 bridgehead atoms. The minimum absolute atomic E-state index is 0.190. The minimum atomic E-state index is -0.524. The summed E-state index contributed by atoms with van der Waals surface area (Å²) in [6, 6.07) is 7.09. The highest BCUT2D eigenvalue weighted by molar-refractivity contribution is 7.17. The number of anilines is 1. The number of thiazole rings is 1. The molecular formula is C18H15Cl2N3O2S. The summed E-state index contributed by atoms with van der Waals surface area (Å²) in [5.74, 6) is -0.326. The summed E-state index contributed by atoms with van der Waals surface area (Å²) < 4.78 is 5.27. The Labute approximate surface area is 164 Å². The van der Waals surface area contributed by atoms with Crippen LogP contribution in [0.1, 0.15) is 29.7 Å². The zero-order chi connectivity index (χ0) is 18.1. The third-order valence-electron chi connectivity index (χ3n) is 4.22. The summed E-state index contributed by atoms with van der Waals surface area (Å²) in [5, 5.41) is 1.73. The van der Waals surface area contributed by atoms with Crippen LogP contribution in [0.3, 0.4) is 0 Å². The molecule has 0 spiro atoms. The summed E-state index contributed by atoms with van der Waals surface area (Å²) in [7, 11) is 0. The average molecular weight is 408 g/mol. The van der Waals surface area contributed by atoms with Crippen molar-refractivity contribution in [1.82, 2.24) is 4.98 Å². The summed E-state index contributed by atoms with van der Waals surface area (Å²) >= 11 is 13.9. The van der Waals surface area contributed by atoms with E-state index in [0.29, 0.717) is 20.6 Å². The molecular weight excluding hydrogens is 393 g/mol. The number of benzene rings is 1. The van der Waals surface area contributed by atoms with Gasteiger partial charge in [-0.15, -0.1) is 0 Å². The van der Waals surface area contributed by atoms with Crippen LogP contribution in [0.5, 0.6) is 0 Å². The third-order valence-corrected chi connectivity index (χ3v) is 6.01. The summed E-state index contributed by atoms with van der Waals surface area (Å²) in [5.41, 5.74) is 0.769. The number of halogens is 2. The standard InChI is InChI=1S/C18H15Cl2N3O2S/c19-12-7-3-2-6-11(12)16-21-13(17(24)25-16)10-14-15(20)22-18(26-14)23-8-4-1-5-9-23/h2-3,6-7,10H,1,4-5,8-9H2/b13-10+. The van der Waals surface area contributed by atoms with E-state index in [1.54, 1.807) is 24.3 Å². The van der Waals surface area contributed by atoms with Gasteiger partial charge in [0.05, 0.1) is 15.5 Å². The van der Waals surface area contributed by atoms with Crippen molar-refractivity contribution in [1.29, 1.82) is 0 Å². The number of piperidine rings is 1. The minimum Gasteiger partial charge on any atom is -0.402 e. The van der Waals surface area contributed by atoms with Gasteiger partial charge in [0, 0.05) is 13.1 Å². The van der Waals surface area contributed by atoms with Gasteiger partial charge >= 0.3 is 5.97 Å². The molecule has 2 aromatic rings. The number of nitrogens with zero attached hydrogens (tertiary/aromatic N) is 3. The highest BCUT2D eigenvalue weighted by Gasteiger charge is 2.26. The van der Waals surface area contributed by atoms with Gasteiger partial charge in [0.15, 0.2) is 10.8 Å². The molecule has 0 aliphatic carbocycles. The maximum absolute atomic E-state index is 12.2. The maximum atomic E-state index is 12.2. The molecule has 3 heterocycles. The molecule has 0 N–H and O–H groups in total. The molecule has 0 radical (unpaired) electrons. The second kappa shape index (κ2) is 7.39. The van der Waals surface area contributed by atoms with E-state index in [0.717, 1.165) is 31.1 Å². The molecule has 26 heavy (non-hydrogen) atoms. The predicted molar refractivity (Wildman–Crippen MR) is 105 cm³/mol. The van der Waals surface area contributed by atoms with Gasteiger partial charge in [-0.1, -0.05) is 46.7 Å². The molecule has 4 rings (SSSR count). The Kier molecular flexibility index (Phi) is 4.98. The summed E-state index contributed by atoms with van der Waals surface area (Å²) in [6.07, 6.45) is 5.19. The van der Waals surface area contributed by atoms with Gasteiger partial charge in [0.1, 0.15) is 5.15 Å². The Bertz CT molecular complexity index is 917. The van der Waals surface area contributed by atoms with Crippen LogP contribution in [0.2, 0.25) is 10.2 Å². The number of ether oxygens (including phenoxy) is 1. The molecule has 1 aromatic carbocycles. The summed E-state index contributed by atoms with van der Waals surface area (Å²) in [6.45, 7) is 1.97. The quantitative estimate of drug-likeness (QED) is 0.542. The van der Waals surface area contributed by atoms with Gasteiger partial charge in [-0.2, -0.15) is 0 Å². The van der Waals surface area contributed by atoms with Crippen molar-refractivity contribution in [3.05, 3.63) is 50.6 Å². The number of rotatable bonds is 3. The maximum Gasteiger partial charge on any atom is 0.363 e. The van der Waals surface area contributed by atoms with Crippen molar-refractivity contribution in [2.24, 2.45) is 4.99 Å². The fourth-order valence-electron chi connectivity index (χ4n) is 2.90. The van der Waals surface area contributed by atoms with Gasteiger partial charge < -0.3 is 9.64 Å². The Morgan fingerprint density at radius 2 is 1.92 bits per heavy atom. The molecule has 2 aliphatic heterocycles. The topological polar surface area (TPSA) is 54.8 Å². The number of carbonyl (C=O) groups excluding carboxylic acids is 1. The van der Waals surface area contributed by atoms with E-state index in [4.69, 9.17) is 27.9 Å². The van der Waals surface area contributed by atoms with Crippen LogP contribution in [0, 0.1) is 0 Å². The fraction of sp³-hybridized carbons (Fsp3) is 0.278. The highest BCUT2D eigenvalue weighted by atomic mass is 35.5.